The van der Waals surface area contributed by atoms with Gasteiger partial charge in [-0.25, -0.2) is 0 Å². The monoisotopic (exact) mass is 175 g/mol. The van der Waals surface area contributed by atoms with Gasteiger partial charge in [0.25, 0.3) is 0 Å². The zero-order valence-corrected chi connectivity index (χ0v) is 6.94. The van der Waals surface area contributed by atoms with Crippen molar-refractivity contribution >= 4 is 10.8 Å². The molecule has 3 heteroatoms. The van der Waals surface area contributed by atoms with Crippen molar-refractivity contribution in [3.05, 3.63) is 36.2 Å². The molecule has 1 aromatic heterocycles. The number of hydrogen-bond acceptors (Lipinski definition) is 3. The maximum Gasteiger partial charge on any atom is 0.123 e. The average Bonchev–Trinajstić information content (AvgIpc) is 2.19. The largest absolute Gasteiger partial charge is 0.507 e. The van der Waals surface area contributed by atoms with Gasteiger partial charge in [-0.05, 0) is 17.7 Å². The first-order chi connectivity index (χ1) is 6.33. The molecule has 2 rings (SSSR count). The van der Waals surface area contributed by atoms with E-state index in [4.69, 9.17) is 5.11 Å². The highest BCUT2D eigenvalue weighted by Gasteiger charge is 2.03. The van der Waals surface area contributed by atoms with Crippen LogP contribution in [0.3, 0.4) is 0 Å². The highest BCUT2D eigenvalue weighted by molar-refractivity contribution is 5.89. The zero-order valence-electron chi connectivity index (χ0n) is 6.94. The Morgan fingerprint density at radius 2 is 2.00 bits per heavy atom. The second-order valence-corrected chi connectivity index (χ2v) is 2.82. The molecule has 0 unspecified atom stereocenters. The van der Waals surface area contributed by atoms with E-state index in [1.54, 1.807) is 30.6 Å². The average molecular weight is 175 g/mol. The number of hydrogen-bond donors (Lipinski definition) is 2. The molecule has 0 aliphatic heterocycles. The molecule has 0 bridgehead atoms. The van der Waals surface area contributed by atoms with Crippen LogP contribution in [0, 0.1) is 0 Å². The smallest absolute Gasteiger partial charge is 0.123 e. The highest BCUT2D eigenvalue weighted by atomic mass is 16.3. The van der Waals surface area contributed by atoms with Crippen LogP contribution >= 0.6 is 0 Å². The third-order valence-electron chi connectivity index (χ3n) is 2.06. The highest BCUT2D eigenvalue weighted by Crippen LogP contribution is 2.26. The van der Waals surface area contributed by atoms with Gasteiger partial charge in [-0.1, -0.05) is 6.07 Å². The van der Waals surface area contributed by atoms with Crippen LogP contribution in [-0.2, 0) is 6.61 Å². The normalized spacial score (nSPS) is 10.5. The summed E-state index contributed by atoms with van der Waals surface area (Å²) in [6.45, 7) is -0.0392. The summed E-state index contributed by atoms with van der Waals surface area (Å²) in [6, 6.07) is 5.00. The first kappa shape index (κ1) is 8.01. The Labute approximate surface area is 75.3 Å². The van der Waals surface area contributed by atoms with Crippen molar-refractivity contribution in [2.45, 2.75) is 6.61 Å². The van der Waals surface area contributed by atoms with Gasteiger partial charge in [0.15, 0.2) is 0 Å². The van der Waals surface area contributed by atoms with Crippen molar-refractivity contribution in [2.24, 2.45) is 0 Å². The molecule has 0 saturated heterocycles. The van der Waals surface area contributed by atoms with Gasteiger partial charge in [0.1, 0.15) is 5.75 Å². The van der Waals surface area contributed by atoms with E-state index in [9.17, 15) is 5.11 Å². The van der Waals surface area contributed by atoms with Crippen LogP contribution in [0.25, 0.3) is 10.8 Å². The van der Waals surface area contributed by atoms with Crippen molar-refractivity contribution < 1.29 is 10.2 Å². The van der Waals surface area contributed by atoms with E-state index >= 15 is 0 Å². The number of aliphatic hydroxyl groups is 1. The van der Waals surface area contributed by atoms with Gasteiger partial charge in [0.2, 0.25) is 0 Å². The van der Waals surface area contributed by atoms with E-state index in [-0.39, 0.29) is 12.4 Å². The molecule has 3 nitrogen and oxygen atoms in total. The number of phenolic OH excluding ortho intramolecular Hbond substituents is 1. The lowest BCUT2D eigenvalue weighted by atomic mass is 10.1. The molecular formula is C10H9NO2. The fourth-order valence-electron chi connectivity index (χ4n) is 1.37. The van der Waals surface area contributed by atoms with Crippen LogP contribution in [-0.4, -0.2) is 15.2 Å². The second-order valence-electron chi connectivity index (χ2n) is 2.82. The number of fused-ring (bicyclic) bond motifs is 1. The van der Waals surface area contributed by atoms with Gasteiger partial charge >= 0.3 is 0 Å². The second kappa shape index (κ2) is 3.03. The van der Waals surface area contributed by atoms with Crippen molar-refractivity contribution in [3.63, 3.8) is 0 Å². The summed E-state index contributed by atoms with van der Waals surface area (Å²) in [6.07, 6.45) is 3.25. The minimum Gasteiger partial charge on any atom is -0.507 e. The Morgan fingerprint density at radius 1 is 1.15 bits per heavy atom. The lowest BCUT2D eigenvalue weighted by Crippen LogP contribution is -1.86. The molecule has 0 atom stereocenters. The van der Waals surface area contributed by atoms with Gasteiger partial charge in [-0.15, -0.1) is 0 Å². The zero-order chi connectivity index (χ0) is 9.26. The molecule has 1 aromatic carbocycles. The number of nitrogens with zero attached hydrogens (tertiary/aromatic N) is 1. The fourth-order valence-corrected chi connectivity index (χ4v) is 1.37. The van der Waals surface area contributed by atoms with Crippen LogP contribution in [0.5, 0.6) is 5.75 Å². The van der Waals surface area contributed by atoms with Gasteiger partial charge in [0.05, 0.1) is 6.61 Å². The van der Waals surface area contributed by atoms with E-state index in [0.29, 0.717) is 0 Å². The van der Waals surface area contributed by atoms with Crippen LogP contribution in [0.1, 0.15) is 5.56 Å². The predicted molar refractivity (Wildman–Crippen MR) is 49.3 cm³/mol. The molecule has 2 N–H and O–H groups in total. The number of aromatic hydroxyl groups is 1. The fraction of sp³-hybridized carbons (Fsp3) is 0.100. The van der Waals surface area contributed by atoms with Crippen molar-refractivity contribution in [1.82, 2.24) is 4.98 Å². The Hall–Kier alpha value is -1.61. The maximum atomic E-state index is 9.48. The summed E-state index contributed by atoms with van der Waals surface area (Å²) in [7, 11) is 0. The van der Waals surface area contributed by atoms with Gasteiger partial charge in [0, 0.05) is 23.2 Å². The van der Waals surface area contributed by atoms with Crippen molar-refractivity contribution in [2.75, 3.05) is 0 Å². The molecule has 1 heterocycles. The quantitative estimate of drug-likeness (QED) is 0.689. The van der Waals surface area contributed by atoms with E-state index in [2.05, 4.69) is 4.98 Å². The summed E-state index contributed by atoms with van der Waals surface area (Å²) in [4.78, 5) is 3.94. The minimum absolute atomic E-state index is 0.0392. The summed E-state index contributed by atoms with van der Waals surface area (Å²) in [5.41, 5.74) is 0.779. The lowest BCUT2D eigenvalue weighted by Gasteiger charge is -2.04. The van der Waals surface area contributed by atoms with Crippen LogP contribution in [0.15, 0.2) is 30.6 Å². The molecule has 2 aromatic rings. The molecule has 0 amide bonds. The molecular weight excluding hydrogens is 166 g/mol. The van der Waals surface area contributed by atoms with Gasteiger partial charge in [-0.3, -0.25) is 4.98 Å². The lowest BCUT2D eigenvalue weighted by molar-refractivity contribution is 0.283. The molecule has 0 saturated carbocycles. The Bertz CT molecular complexity index is 440. The summed E-state index contributed by atoms with van der Waals surface area (Å²) >= 11 is 0. The summed E-state index contributed by atoms with van der Waals surface area (Å²) < 4.78 is 0. The van der Waals surface area contributed by atoms with Gasteiger partial charge < -0.3 is 10.2 Å². The maximum absolute atomic E-state index is 9.48. The molecule has 0 aliphatic carbocycles. The first-order valence-corrected chi connectivity index (χ1v) is 3.98. The number of benzene rings is 1. The minimum atomic E-state index is -0.0392. The van der Waals surface area contributed by atoms with Crippen molar-refractivity contribution in [3.8, 4) is 5.75 Å². The number of phenols is 1. The third kappa shape index (κ3) is 1.23. The number of pyridine rings is 1. The molecule has 0 radical (unpaired) electrons. The molecule has 66 valence electrons. The van der Waals surface area contributed by atoms with Crippen LogP contribution in [0.4, 0.5) is 0 Å². The molecule has 0 aliphatic rings. The Morgan fingerprint density at radius 3 is 2.77 bits per heavy atom. The van der Waals surface area contributed by atoms with E-state index in [1.165, 1.54) is 0 Å². The molecule has 13 heavy (non-hydrogen) atoms. The number of aromatic nitrogens is 1. The Kier molecular flexibility index (Phi) is 1.87. The summed E-state index contributed by atoms with van der Waals surface area (Å²) in [5.74, 6) is 0.217. The van der Waals surface area contributed by atoms with E-state index in [1.807, 2.05) is 0 Å². The van der Waals surface area contributed by atoms with Crippen molar-refractivity contribution in [1.29, 1.82) is 0 Å². The first-order valence-electron chi connectivity index (χ1n) is 3.98. The number of rotatable bonds is 1. The third-order valence-corrected chi connectivity index (χ3v) is 2.06. The van der Waals surface area contributed by atoms with Gasteiger partial charge in [-0.2, -0.15) is 0 Å². The predicted octanol–water partition coefficient (Wildman–Crippen LogP) is 1.43. The molecule has 0 fully saturated rings. The Balaban J connectivity index is 2.84. The van der Waals surface area contributed by atoms with E-state index in [0.717, 1.165) is 16.3 Å². The standard InChI is InChI=1S/C10H9NO2/c12-6-7-1-2-10(13)8-3-4-11-5-9(7)8/h1-5,12-13H,6H2. The molecule has 0 spiro atoms. The number of aliphatic hydroxyl groups excluding tert-OH is 1. The summed E-state index contributed by atoms with van der Waals surface area (Å²) in [5, 5.41) is 20.0. The topological polar surface area (TPSA) is 53.4 Å². The van der Waals surface area contributed by atoms with E-state index < -0.39 is 0 Å². The van der Waals surface area contributed by atoms with Crippen LogP contribution in [0.2, 0.25) is 0 Å². The SMILES string of the molecule is OCc1ccc(O)c2ccncc12. The van der Waals surface area contributed by atoms with Crippen LogP contribution < -0.4 is 0 Å².